The van der Waals surface area contributed by atoms with Gasteiger partial charge in [0.05, 0.1) is 0 Å². The largest absolute Gasteiger partial charge is 0.489 e. The van der Waals surface area contributed by atoms with Crippen LogP contribution in [0.4, 0.5) is 0 Å². The summed E-state index contributed by atoms with van der Waals surface area (Å²) >= 11 is 0. The number of hydrogen-bond donors (Lipinski definition) is 0. The van der Waals surface area contributed by atoms with Gasteiger partial charge in [-0.15, -0.1) is 12.4 Å². The second kappa shape index (κ2) is 11.1. The zero-order valence-electron chi connectivity index (χ0n) is 20.2. The first-order valence-electron chi connectivity index (χ1n) is 12.1. The fourth-order valence-corrected chi connectivity index (χ4v) is 4.91. The molecule has 0 fully saturated rings. The monoisotopic (exact) mass is 471 g/mol. The summed E-state index contributed by atoms with van der Waals surface area (Å²) in [5.41, 5.74) is 6.67. The molecule has 0 N–H and O–H groups in total. The number of rotatable bonds is 7. The van der Waals surface area contributed by atoms with E-state index < -0.39 is 0 Å². The van der Waals surface area contributed by atoms with E-state index in [1.54, 1.807) is 0 Å². The van der Waals surface area contributed by atoms with Gasteiger partial charge in [0.2, 0.25) is 0 Å². The lowest BCUT2D eigenvalue weighted by molar-refractivity contribution is 0.304. The summed E-state index contributed by atoms with van der Waals surface area (Å²) in [4.78, 5) is 2.29. The third-order valence-electron chi connectivity index (χ3n) is 6.94. The van der Waals surface area contributed by atoms with Crippen molar-refractivity contribution in [1.29, 1.82) is 0 Å². The Bertz CT molecular complexity index is 1230. The lowest BCUT2D eigenvalue weighted by Crippen LogP contribution is -2.21. The minimum atomic E-state index is 0. The van der Waals surface area contributed by atoms with Crippen molar-refractivity contribution in [2.45, 2.75) is 32.3 Å². The second-order valence-corrected chi connectivity index (χ2v) is 9.68. The smallest absolute Gasteiger partial charge is 0.120 e. The molecule has 4 aromatic rings. The molecule has 0 saturated heterocycles. The van der Waals surface area contributed by atoms with Crippen molar-refractivity contribution < 1.29 is 4.74 Å². The molecular weight excluding hydrogens is 438 g/mol. The number of aryl methyl sites for hydroxylation is 1. The highest BCUT2D eigenvalue weighted by atomic mass is 35.5. The van der Waals surface area contributed by atoms with Gasteiger partial charge in [-0.25, -0.2) is 0 Å². The lowest BCUT2D eigenvalue weighted by Gasteiger charge is -2.26. The fraction of sp³-hybridized carbons (Fsp3) is 0.290. The van der Waals surface area contributed by atoms with Gasteiger partial charge in [0, 0.05) is 0 Å². The number of benzene rings is 4. The van der Waals surface area contributed by atoms with Crippen molar-refractivity contribution in [3.05, 3.63) is 102 Å². The Hall–Kier alpha value is -2.81. The normalized spacial score (nSPS) is 15.1. The SMILES string of the molecule is CN(C)CCC1CCc2cc(OCc3ccc(-c4ccc5ccccc5c4)cc3)ccc2C1.Cl. The average molecular weight is 472 g/mol. The van der Waals surface area contributed by atoms with Crippen LogP contribution in [0, 0.1) is 5.92 Å². The molecule has 1 aliphatic carbocycles. The van der Waals surface area contributed by atoms with Crippen molar-refractivity contribution in [3.8, 4) is 16.9 Å². The van der Waals surface area contributed by atoms with Gasteiger partial charge in [0.1, 0.15) is 12.4 Å². The highest BCUT2D eigenvalue weighted by molar-refractivity contribution is 5.87. The van der Waals surface area contributed by atoms with Crippen LogP contribution < -0.4 is 4.74 Å². The van der Waals surface area contributed by atoms with E-state index in [1.807, 2.05) is 0 Å². The summed E-state index contributed by atoms with van der Waals surface area (Å²) in [6.45, 7) is 1.78. The standard InChI is InChI=1S/C31H33NO.ClH/c1-32(2)18-17-23-7-12-30-21-31(16-15-28(30)19-23)33-22-24-8-10-26(11-9-24)29-14-13-25-5-3-4-6-27(25)20-29;/h3-6,8-11,13-16,20-21,23H,7,12,17-19,22H2,1-2H3;1H. The summed E-state index contributed by atoms with van der Waals surface area (Å²) in [7, 11) is 4.33. The third-order valence-corrected chi connectivity index (χ3v) is 6.94. The molecule has 1 aliphatic rings. The van der Waals surface area contributed by atoms with Crippen LogP contribution in [0.2, 0.25) is 0 Å². The molecule has 1 atom stereocenters. The maximum absolute atomic E-state index is 6.16. The zero-order valence-corrected chi connectivity index (χ0v) is 21.0. The molecule has 34 heavy (non-hydrogen) atoms. The van der Waals surface area contributed by atoms with E-state index in [0.717, 1.165) is 11.7 Å². The van der Waals surface area contributed by atoms with Crippen molar-refractivity contribution in [1.82, 2.24) is 4.90 Å². The maximum Gasteiger partial charge on any atom is 0.120 e. The van der Waals surface area contributed by atoms with Crippen LogP contribution in [0.1, 0.15) is 29.5 Å². The molecular formula is C31H34ClNO. The van der Waals surface area contributed by atoms with Gasteiger partial charge in [-0.05, 0) is 109 Å². The Morgan fingerprint density at radius 2 is 1.56 bits per heavy atom. The van der Waals surface area contributed by atoms with Crippen LogP contribution in [0.3, 0.4) is 0 Å². The lowest BCUT2D eigenvalue weighted by atomic mass is 9.82. The van der Waals surface area contributed by atoms with Crippen LogP contribution in [-0.4, -0.2) is 25.5 Å². The van der Waals surface area contributed by atoms with Crippen LogP contribution >= 0.6 is 12.4 Å². The number of fused-ring (bicyclic) bond motifs is 2. The molecule has 4 aromatic carbocycles. The van der Waals surface area contributed by atoms with Gasteiger partial charge in [0.15, 0.2) is 0 Å². The first kappa shape index (κ1) is 24.3. The molecule has 0 radical (unpaired) electrons. The number of hydrogen-bond acceptors (Lipinski definition) is 2. The van der Waals surface area contributed by atoms with Crippen LogP contribution in [0.15, 0.2) is 84.9 Å². The van der Waals surface area contributed by atoms with Crippen molar-refractivity contribution in [2.75, 3.05) is 20.6 Å². The molecule has 0 heterocycles. The maximum atomic E-state index is 6.16. The van der Waals surface area contributed by atoms with Gasteiger partial charge in [-0.1, -0.05) is 66.7 Å². The molecule has 0 aliphatic heterocycles. The molecule has 3 heteroatoms. The van der Waals surface area contributed by atoms with Crippen LogP contribution in [0.5, 0.6) is 5.75 Å². The van der Waals surface area contributed by atoms with Crippen molar-refractivity contribution in [2.24, 2.45) is 5.92 Å². The minimum absolute atomic E-state index is 0. The van der Waals surface area contributed by atoms with Gasteiger partial charge in [-0.3, -0.25) is 0 Å². The highest BCUT2D eigenvalue weighted by Gasteiger charge is 2.19. The summed E-state index contributed by atoms with van der Waals surface area (Å²) in [6, 6.07) is 30.6. The van der Waals surface area contributed by atoms with E-state index in [2.05, 4.69) is 104 Å². The fourth-order valence-electron chi connectivity index (χ4n) is 4.91. The van der Waals surface area contributed by atoms with E-state index >= 15 is 0 Å². The zero-order chi connectivity index (χ0) is 22.6. The van der Waals surface area contributed by atoms with E-state index in [0.29, 0.717) is 6.61 Å². The van der Waals surface area contributed by atoms with E-state index in [-0.39, 0.29) is 12.4 Å². The van der Waals surface area contributed by atoms with Gasteiger partial charge in [0.25, 0.3) is 0 Å². The van der Waals surface area contributed by atoms with Gasteiger partial charge < -0.3 is 9.64 Å². The van der Waals surface area contributed by atoms with Gasteiger partial charge in [-0.2, -0.15) is 0 Å². The first-order valence-corrected chi connectivity index (χ1v) is 12.1. The molecule has 0 saturated carbocycles. The number of nitrogens with zero attached hydrogens (tertiary/aromatic N) is 1. The molecule has 5 rings (SSSR count). The molecule has 1 unspecified atom stereocenters. The number of ether oxygens (including phenoxy) is 1. The number of halogens is 1. The summed E-state index contributed by atoms with van der Waals surface area (Å²) in [5.74, 6) is 1.80. The Kier molecular flexibility index (Phi) is 7.92. The molecule has 0 amide bonds. The Balaban J connectivity index is 0.00000274. The first-order chi connectivity index (χ1) is 16.1. The van der Waals surface area contributed by atoms with Gasteiger partial charge >= 0.3 is 0 Å². The predicted molar refractivity (Wildman–Crippen MR) is 146 cm³/mol. The Morgan fingerprint density at radius 1 is 0.794 bits per heavy atom. The second-order valence-electron chi connectivity index (χ2n) is 9.68. The average Bonchev–Trinajstić information content (AvgIpc) is 2.86. The van der Waals surface area contributed by atoms with Crippen molar-refractivity contribution in [3.63, 3.8) is 0 Å². The van der Waals surface area contributed by atoms with Crippen LogP contribution in [-0.2, 0) is 19.4 Å². The van der Waals surface area contributed by atoms with E-state index in [1.165, 1.54) is 70.8 Å². The summed E-state index contributed by atoms with van der Waals surface area (Å²) < 4.78 is 6.16. The van der Waals surface area contributed by atoms with E-state index in [4.69, 9.17) is 4.74 Å². The summed E-state index contributed by atoms with van der Waals surface area (Å²) in [6.07, 6.45) is 4.96. The molecule has 0 spiro atoms. The van der Waals surface area contributed by atoms with Crippen molar-refractivity contribution >= 4 is 23.2 Å². The topological polar surface area (TPSA) is 12.5 Å². The Labute approximate surface area is 210 Å². The quantitative estimate of drug-likeness (QED) is 0.275. The molecule has 0 aromatic heterocycles. The minimum Gasteiger partial charge on any atom is -0.489 e. The molecule has 176 valence electrons. The third kappa shape index (κ3) is 5.81. The Morgan fingerprint density at radius 3 is 2.35 bits per heavy atom. The highest BCUT2D eigenvalue weighted by Crippen LogP contribution is 2.31. The predicted octanol–water partition coefficient (Wildman–Crippen LogP) is 7.56. The molecule has 0 bridgehead atoms. The molecule has 2 nitrogen and oxygen atoms in total. The summed E-state index contributed by atoms with van der Waals surface area (Å²) in [5, 5.41) is 2.55. The van der Waals surface area contributed by atoms with E-state index in [9.17, 15) is 0 Å². The van der Waals surface area contributed by atoms with Crippen LogP contribution in [0.25, 0.3) is 21.9 Å².